The monoisotopic (exact) mass is 270 g/mol. The smallest absolute Gasteiger partial charge is 0.0235 e. The number of rotatable bonds is 5. The highest BCUT2D eigenvalue weighted by Gasteiger charge is 2.74. The predicted molar refractivity (Wildman–Crippen MR) is 81.0 cm³/mol. The average molecular weight is 270 g/mol. The minimum Gasteiger partial charge on any atom is -0.0651 e. The summed E-state index contributed by atoms with van der Waals surface area (Å²) < 4.78 is 0. The van der Waals surface area contributed by atoms with Gasteiger partial charge in [-0.15, -0.1) is 0 Å². The molecule has 0 heterocycles. The van der Waals surface area contributed by atoms with Gasteiger partial charge in [0, 0.05) is 0 Å². The van der Waals surface area contributed by atoms with Crippen molar-refractivity contribution in [3.63, 3.8) is 0 Å². The molecule has 0 nitrogen and oxygen atoms in total. The normalized spacial score (nSPS) is 71.7. The zero-order valence-corrected chi connectivity index (χ0v) is 13.2. The molecule has 20 heavy (non-hydrogen) atoms. The van der Waals surface area contributed by atoms with Gasteiger partial charge in [-0.1, -0.05) is 20.3 Å². The van der Waals surface area contributed by atoms with Crippen molar-refractivity contribution in [3.8, 4) is 0 Å². The molecule has 11 atom stereocenters. The molecule has 6 fully saturated rings. The summed E-state index contributed by atoms with van der Waals surface area (Å²) in [6, 6.07) is 0. The van der Waals surface area contributed by atoms with Gasteiger partial charge in [-0.2, -0.15) is 0 Å². The van der Waals surface area contributed by atoms with E-state index in [-0.39, 0.29) is 0 Å². The first-order valence-electron chi connectivity index (χ1n) is 9.73. The molecule has 11 unspecified atom stereocenters. The lowest BCUT2D eigenvalue weighted by Gasteiger charge is -2.00. The molecule has 0 radical (unpaired) electrons. The third kappa shape index (κ3) is 1.45. The zero-order valence-electron chi connectivity index (χ0n) is 13.2. The van der Waals surface area contributed by atoms with Crippen LogP contribution >= 0.6 is 0 Å². The minimum absolute atomic E-state index is 0.939. The van der Waals surface area contributed by atoms with E-state index in [9.17, 15) is 0 Å². The molecule has 6 aliphatic carbocycles. The fourth-order valence-electron chi connectivity index (χ4n) is 7.14. The molecule has 0 aromatic carbocycles. The van der Waals surface area contributed by atoms with Crippen LogP contribution in [0.4, 0.5) is 0 Å². The lowest BCUT2D eigenvalue weighted by atomic mass is 10.0. The molecule has 110 valence electrons. The molecule has 0 N–H and O–H groups in total. The second kappa shape index (κ2) is 3.33. The lowest BCUT2D eigenvalue weighted by molar-refractivity contribution is 0.469. The Kier molecular flexibility index (Phi) is 1.92. The Balaban J connectivity index is 1.03. The van der Waals surface area contributed by atoms with Crippen LogP contribution in [0, 0.1) is 64.6 Å². The van der Waals surface area contributed by atoms with Crippen LogP contribution in [0.2, 0.25) is 0 Å². The Morgan fingerprint density at radius 1 is 0.750 bits per heavy atom. The zero-order chi connectivity index (χ0) is 13.2. The summed E-state index contributed by atoms with van der Waals surface area (Å²) in [7, 11) is 0. The van der Waals surface area contributed by atoms with Gasteiger partial charge in [0.05, 0.1) is 0 Å². The van der Waals surface area contributed by atoms with Gasteiger partial charge in [-0.3, -0.25) is 0 Å². The standard InChI is InChI=1S/C20H30/c1-3-11-4-12(11)13-5-14(13)15-6-16(15)17-7-18(17)19-9-20(19)8-10(20)2/h10-19H,3-9H2,1-2H3. The SMILES string of the molecule is CCC1CC1C1CC1C1CC1C1CC1C1CC12CC2C. The molecule has 6 aliphatic rings. The Morgan fingerprint density at radius 3 is 1.80 bits per heavy atom. The van der Waals surface area contributed by atoms with E-state index in [1.54, 1.807) is 38.5 Å². The summed E-state index contributed by atoms with van der Waals surface area (Å²) in [5.41, 5.74) is 0.939. The van der Waals surface area contributed by atoms with Crippen LogP contribution in [-0.4, -0.2) is 0 Å². The first kappa shape index (κ1) is 11.6. The molecule has 0 aliphatic heterocycles. The molecule has 0 aromatic heterocycles. The lowest BCUT2D eigenvalue weighted by Crippen LogP contribution is -1.96. The average Bonchev–Trinajstić information content (AvgIpc) is 3.27. The van der Waals surface area contributed by atoms with Gasteiger partial charge in [0.2, 0.25) is 0 Å². The number of hydrogen-bond acceptors (Lipinski definition) is 0. The number of hydrogen-bond donors (Lipinski definition) is 0. The Morgan fingerprint density at radius 2 is 1.30 bits per heavy atom. The van der Waals surface area contributed by atoms with Crippen LogP contribution in [-0.2, 0) is 0 Å². The summed E-state index contributed by atoms with van der Waals surface area (Å²) in [5, 5.41) is 0. The van der Waals surface area contributed by atoms with Crippen LogP contribution in [0.25, 0.3) is 0 Å². The highest BCUT2D eigenvalue weighted by molar-refractivity contribution is 5.23. The van der Waals surface area contributed by atoms with E-state index < -0.39 is 0 Å². The molecular formula is C20H30. The van der Waals surface area contributed by atoms with Gasteiger partial charge in [-0.25, -0.2) is 0 Å². The Hall–Kier alpha value is 0. The second-order valence-electron chi connectivity index (χ2n) is 9.91. The van der Waals surface area contributed by atoms with E-state index in [1.165, 1.54) is 53.8 Å². The molecule has 1 spiro atoms. The predicted octanol–water partition coefficient (Wildman–Crippen LogP) is 4.99. The first-order valence-corrected chi connectivity index (χ1v) is 9.73. The van der Waals surface area contributed by atoms with Crippen molar-refractivity contribution in [2.24, 2.45) is 64.6 Å². The molecular weight excluding hydrogens is 240 g/mol. The summed E-state index contributed by atoms with van der Waals surface area (Å²) in [4.78, 5) is 0. The van der Waals surface area contributed by atoms with E-state index in [4.69, 9.17) is 0 Å². The van der Waals surface area contributed by atoms with Crippen LogP contribution in [0.1, 0.15) is 58.8 Å². The van der Waals surface area contributed by atoms with Crippen molar-refractivity contribution in [1.82, 2.24) is 0 Å². The van der Waals surface area contributed by atoms with Gasteiger partial charge in [0.25, 0.3) is 0 Å². The fourth-order valence-corrected chi connectivity index (χ4v) is 7.14. The summed E-state index contributed by atoms with van der Waals surface area (Å²) in [6.07, 6.45) is 11.3. The van der Waals surface area contributed by atoms with Crippen LogP contribution < -0.4 is 0 Å². The van der Waals surface area contributed by atoms with E-state index in [2.05, 4.69) is 13.8 Å². The maximum Gasteiger partial charge on any atom is -0.0235 e. The van der Waals surface area contributed by atoms with E-state index >= 15 is 0 Å². The van der Waals surface area contributed by atoms with Crippen molar-refractivity contribution in [1.29, 1.82) is 0 Å². The third-order valence-corrected chi connectivity index (χ3v) is 9.03. The molecule has 0 amide bonds. The van der Waals surface area contributed by atoms with Gasteiger partial charge in [0.15, 0.2) is 0 Å². The van der Waals surface area contributed by atoms with Crippen molar-refractivity contribution in [2.75, 3.05) is 0 Å². The quantitative estimate of drug-likeness (QED) is 0.660. The first-order chi connectivity index (χ1) is 9.73. The summed E-state index contributed by atoms with van der Waals surface area (Å²) in [5.74, 6) is 12.0. The van der Waals surface area contributed by atoms with Crippen molar-refractivity contribution in [2.45, 2.75) is 58.8 Å². The third-order valence-electron chi connectivity index (χ3n) is 9.03. The van der Waals surface area contributed by atoms with Crippen molar-refractivity contribution >= 4 is 0 Å². The minimum atomic E-state index is 0.939. The molecule has 6 saturated carbocycles. The Bertz CT molecular complexity index is 467. The largest absolute Gasteiger partial charge is 0.0651 e. The van der Waals surface area contributed by atoms with Gasteiger partial charge in [0.1, 0.15) is 0 Å². The highest BCUT2D eigenvalue weighted by Crippen LogP contribution is 2.82. The van der Waals surface area contributed by atoms with Crippen LogP contribution in [0.15, 0.2) is 0 Å². The topological polar surface area (TPSA) is 0 Å². The molecule has 0 aromatic rings. The molecule has 0 bridgehead atoms. The van der Waals surface area contributed by atoms with Gasteiger partial charge < -0.3 is 0 Å². The maximum atomic E-state index is 2.51. The van der Waals surface area contributed by atoms with Crippen LogP contribution in [0.3, 0.4) is 0 Å². The molecule has 0 saturated heterocycles. The van der Waals surface area contributed by atoms with E-state index in [0.717, 1.165) is 17.3 Å². The highest BCUT2D eigenvalue weighted by atomic mass is 14.8. The second-order valence-corrected chi connectivity index (χ2v) is 9.91. The summed E-state index contributed by atoms with van der Waals surface area (Å²) in [6.45, 7) is 4.91. The van der Waals surface area contributed by atoms with Crippen LogP contribution in [0.5, 0.6) is 0 Å². The molecule has 6 rings (SSSR count). The fraction of sp³-hybridized carbons (Fsp3) is 1.00. The summed E-state index contributed by atoms with van der Waals surface area (Å²) >= 11 is 0. The maximum absolute atomic E-state index is 2.51. The van der Waals surface area contributed by atoms with Gasteiger partial charge >= 0.3 is 0 Å². The van der Waals surface area contributed by atoms with E-state index in [1.807, 2.05) is 0 Å². The van der Waals surface area contributed by atoms with Crippen molar-refractivity contribution < 1.29 is 0 Å². The Labute approximate surface area is 124 Å². The molecule has 0 heteroatoms. The van der Waals surface area contributed by atoms with Crippen molar-refractivity contribution in [3.05, 3.63) is 0 Å². The van der Waals surface area contributed by atoms with E-state index in [0.29, 0.717) is 0 Å². The van der Waals surface area contributed by atoms with Gasteiger partial charge in [-0.05, 0) is 103 Å².